The van der Waals surface area contributed by atoms with Crippen molar-refractivity contribution >= 4 is 10.8 Å². The molecule has 1 aliphatic rings. The molecule has 1 heterocycles. The van der Waals surface area contributed by atoms with Crippen molar-refractivity contribution in [2.75, 3.05) is 26.0 Å². The maximum atomic E-state index is 11.3. The van der Waals surface area contributed by atoms with Crippen LogP contribution in [-0.4, -0.2) is 35.5 Å². The topological polar surface area (TPSA) is 47.6 Å². The average Bonchev–Trinajstić information content (AvgIpc) is 2.71. The van der Waals surface area contributed by atoms with Crippen LogP contribution in [0.25, 0.3) is 0 Å². The first-order valence-corrected chi connectivity index (χ1v) is 9.15. The summed E-state index contributed by atoms with van der Waals surface area (Å²) in [7, 11) is -0.750. The van der Waals surface area contributed by atoms with Crippen LogP contribution in [0, 0.1) is 0 Å². The summed E-state index contributed by atoms with van der Waals surface area (Å²) in [4.78, 5) is 0. The van der Waals surface area contributed by atoms with Crippen molar-refractivity contribution in [1.82, 2.24) is 5.32 Å². The van der Waals surface area contributed by atoms with Crippen molar-refractivity contribution in [3.8, 4) is 11.5 Å². The highest BCUT2D eigenvalue weighted by Crippen LogP contribution is 2.32. The second-order valence-corrected chi connectivity index (χ2v) is 7.33. The normalized spacial score (nSPS) is 18.6. The molecule has 0 bridgehead atoms. The lowest BCUT2D eigenvalue weighted by Gasteiger charge is -2.17. The molecule has 0 saturated heterocycles. The minimum Gasteiger partial charge on any atom is -0.490 e. The highest BCUT2D eigenvalue weighted by Gasteiger charge is 2.14. The van der Waals surface area contributed by atoms with Gasteiger partial charge < -0.3 is 14.8 Å². The van der Waals surface area contributed by atoms with E-state index >= 15 is 0 Å². The highest BCUT2D eigenvalue weighted by atomic mass is 32.2. The molecule has 4 nitrogen and oxygen atoms in total. The molecule has 0 amide bonds. The van der Waals surface area contributed by atoms with Gasteiger partial charge in [-0.25, -0.2) is 0 Å². The molecule has 21 heavy (non-hydrogen) atoms. The van der Waals surface area contributed by atoms with E-state index in [0.717, 1.165) is 30.9 Å². The number of nitrogens with one attached hydrogen (secondary N) is 1. The molecule has 0 spiro atoms. The third kappa shape index (κ3) is 4.71. The number of hydrogen-bond donors (Lipinski definition) is 1. The molecule has 0 saturated carbocycles. The van der Waals surface area contributed by atoms with Crippen LogP contribution >= 0.6 is 0 Å². The molecular weight excluding hydrogens is 286 g/mol. The highest BCUT2D eigenvalue weighted by molar-refractivity contribution is 7.84. The minimum atomic E-state index is -0.750. The molecule has 1 aliphatic heterocycles. The van der Waals surface area contributed by atoms with Crippen molar-refractivity contribution in [3.05, 3.63) is 23.8 Å². The Balaban J connectivity index is 1.92. The lowest BCUT2D eigenvalue weighted by atomic mass is 10.1. The van der Waals surface area contributed by atoms with Crippen LogP contribution in [0.2, 0.25) is 0 Å². The van der Waals surface area contributed by atoms with Crippen LogP contribution in [0.5, 0.6) is 11.5 Å². The van der Waals surface area contributed by atoms with Gasteiger partial charge in [0.05, 0.1) is 13.2 Å². The fraction of sp³-hybridized carbons (Fsp3) is 0.625. The van der Waals surface area contributed by atoms with Crippen LogP contribution in [-0.2, 0) is 10.8 Å². The van der Waals surface area contributed by atoms with E-state index in [2.05, 4.69) is 24.4 Å². The van der Waals surface area contributed by atoms with Gasteiger partial charge >= 0.3 is 0 Å². The Morgan fingerprint density at radius 3 is 2.67 bits per heavy atom. The standard InChI is InChI=1S/C16H25NO3S/c1-12(21(3)18)7-8-17-13(2)14-5-6-15-16(11-14)20-10-4-9-19-15/h5-6,11-13,17H,4,7-10H2,1-3H3. The van der Waals surface area contributed by atoms with Crippen LogP contribution in [0.1, 0.15) is 38.3 Å². The van der Waals surface area contributed by atoms with E-state index in [-0.39, 0.29) is 11.3 Å². The molecule has 1 aromatic rings. The summed E-state index contributed by atoms with van der Waals surface area (Å²) in [5.74, 6) is 1.67. The lowest BCUT2D eigenvalue weighted by Crippen LogP contribution is -2.24. The summed E-state index contributed by atoms with van der Waals surface area (Å²) in [5, 5.41) is 3.71. The smallest absolute Gasteiger partial charge is 0.161 e. The van der Waals surface area contributed by atoms with Crippen molar-refractivity contribution in [1.29, 1.82) is 0 Å². The van der Waals surface area contributed by atoms with Gasteiger partial charge in [-0.3, -0.25) is 4.21 Å². The van der Waals surface area contributed by atoms with Gasteiger partial charge in [0, 0.05) is 34.8 Å². The minimum absolute atomic E-state index is 0.230. The Morgan fingerprint density at radius 1 is 1.24 bits per heavy atom. The zero-order valence-corrected chi connectivity index (χ0v) is 13.9. The third-order valence-electron chi connectivity index (χ3n) is 3.84. The van der Waals surface area contributed by atoms with Gasteiger partial charge in [0.1, 0.15) is 0 Å². The molecule has 0 fully saturated rings. The summed E-state index contributed by atoms with van der Waals surface area (Å²) in [6.45, 7) is 6.43. The van der Waals surface area contributed by atoms with Crippen molar-refractivity contribution in [2.45, 2.75) is 38.0 Å². The molecule has 5 heteroatoms. The van der Waals surface area contributed by atoms with Gasteiger partial charge in [0.15, 0.2) is 11.5 Å². The van der Waals surface area contributed by atoms with Crippen LogP contribution in [0.15, 0.2) is 18.2 Å². The SMILES string of the molecule is CC(NCCC(C)S(C)=O)c1ccc2c(c1)OCCCO2. The second-order valence-electron chi connectivity index (χ2n) is 5.53. The van der Waals surface area contributed by atoms with Gasteiger partial charge in [-0.05, 0) is 37.6 Å². The third-order valence-corrected chi connectivity index (χ3v) is 5.21. The number of hydrogen-bond acceptors (Lipinski definition) is 4. The van der Waals surface area contributed by atoms with Crippen LogP contribution in [0.3, 0.4) is 0 Å². The number of rotatable bonds is 6. The number of ether oxygens (including phenoxy) is 2. The largest absolute Gasteiger partial charge is 0.490 e. The van der Waals surface area contributed by atoms with E-state index in [9.17, 15) is 4.21 Å². The molecule has 0 aromatic heterocycles. The molecule has 118 valence electrons. The lowest BCUT2D eigenvalue weighted by molar-refractivity contribution is 0.297. The fourth-order valence-electron chi connectivity index (χ4n) is 2.24. The molecule has 0 radical (unpaired) electrons. The van der Waals surface area contributed by atoms with E-state index in [1.165, 1.54) is 5.56 Å². The van der Waals surface area contributed by atoms with Crippen molar-refractivity contribution in [2.24, 2.45) is 0 Å². The Labute approximate surface area is 129 Å². The molecule has 1 aromatic carbocycles. The van der Waals surface area contributed by atoms with Crippen molar-refractivity contribution in [3.63, 3.8) is 0 Å². The number of benzene rings is 1. The number of fused-ring (bicyclic) bond motifs is 1. The summed E-state index contributed by atoms with van der Waals surface area (Å²) in [6, 6.07) is 6.35. The summed E-state index contributed by atoms with van der Waals surface area (Å²) in [6.07, 6.45) is 3.60. The predicted octanol–water partition coefficient (Wildman–Crippen LogP) is 2.66. The maximum absolute atomic E-state index is 11.3. The zero-order chi connectivity index (χ0) is 15.2. The molecule has 2 rings (SSSR count). The van der Waals surface area contributed by atoms with Crippen molar-refractivity contribution < 1.29 is 13.7 Å². The Bertz CT molecular complexity index is 492. The van der Waals surface area contributed by atoms with E-state index < -0.39 is 10.8 Å². The summed E-state index contributed by atoms with van der Waals surface area (Å²) < 4.78 is 22.7. The molecule has 0 aliphatic carbocycles. The van der Waals surface area contributed by atoms with E-state index in [1.807, 2.05) is 13.0 Å². The zero-order valence-electron chi connectivity index (χ0n) is 13.1. The maximum Gasteiger partial charge on any atom is 0.161 e. The fourth-order valence-corrected chi connectivity index (χ4v) is 2.69. The quantitative estimate of drug-likeness (QED) is 0.877. The molecular formula is C16H25NO3S. The van der Waals surface area contributed by atoms with E-state index in [1.54, 1.807) is 6.26 Å². The van der Waals surface area contributed by atoms with Crippen LogP contribution < -0.4 is 14.8 Å². The second kappa shape index (κ2) is 7.80. The first-order chi connectivity index (χ1) is 10.1. The van der Waals surface area contributed by atoms with Gasteiger partial charge in [0.25, 0.3) is 0 Å². The van der Waals surface area contributed by atoms with Gasteiger partial charge in [0.2, 0.25) is 0 Å². The monoisotopic (exact) mass is 311 g/mol. The van der Waals surface area contributed by atoms with Crippen LogP contribution in [0.4, 0.5) is 0 Å². The first kappa shape index (κ1) is 16.3. The summed E-state index contributed by atoms with van der Waals surface area (Å²) in [5.41, 5.74) is 1.18. The average molecular weight is 311 g/mol. The van der Waals surface area contributed by atoms with Gasteiger partial charge in [-0.1, -0.05) is 13.0 Å². The van der Waals surface area contributed by atoms with Gasteiger partial charge in [-0.2, -0.15) is 0 Å². The Kier molecular flexibility index (Phi) is 6.06. The predicted molar refractivity (Wildman–Crippen MR) is 86.6 cm³/mol. The first-order valence-electron chi connectivity index (χ1n) is 7.53. The Hall–Kier alpha value is -1.07. The van der Waals surface area contributed by atoms with E-state index in [4.69, 9.17) is 9.47 Å². The molecule has 3 atom stereocenters. The Morgan fingerprint density at radius 2 is 1.95 bits per heavy atom. The molecule has 3 unspecified atom stereocenters. The summed E-state index contributed by atoms with van der Waals surface area (Å²) >= 11 is 0. The molecule has 1 N–H and O–H groups in total. The van der Waals surface area contributed by atoms with Gasteiger partial charge in [-0.15, -0.1) is 0 Å². The van der Waals surface area contributed by atoms with E-state index in [0.29, 0.717) is 13.2 Å².